The van der Waals surface area contributed by atoms with Gasteiger partial charge in [-0.25, -0.2) is 9.97 Å². The van der Waals surface area contributed by atoms with Crippen LogP contribution in [0.25, 0.3) is 44.3 Å². The van der Waals surface area contributed by atoms with E-state index >= 15 is 0 Å². The number of carbonyl (C=O) groups excluding carboxylic acids is 2. The Labute approximate surface area is 377 Å². The molecular weight excluding hydrogens is 808 g/mol. The Kier molecular flexibility index (Phi) is 16.9. The lowest BCUT2D eigenvalue weighted by molar-refractivity contribution is 0.0765. The number of nitrogens with one attached hydrogen (secondary N) is 1. The summed E-state index contributed by atoms with van der Waals surface area (Å²) in [4.78, 5) is 51.2. The lowest BCUT2D eigenvalue weighted by Gasteiger charge is -2.30. The molecule has 2 amide bonds. The maximum Gasteiger partial charge on any atom is 0.253 e. The molecule has 0 radical (unpaired) electrons. The highest BCUT2D eigenvalue weighted by atomic mass is 35.5. The van der Waals surface area contributed by atoms with E-state index in [0.717, 1.165) is 75.9 Å². The van der Waals surface area contributed by atoms with E-state index < -0.39 is 0 Å². The number of fused-ring (bicyclic) bond motifs is 2. The van der Waals surface area contributed by atoms with Crippen molar-refractivity contribution < 1.29 is 9.59 Å². The fraction of sp³-hybridized carbons (Fsp3) is 0.400. The number of pyridine rings is 4. The van der Waals surface area contributed by atoms with E-state index in [-0.39, 0.29) is 11.8 Å². The molecule has 3 N–H and O–H groups in total. The van der Waals surface area contributed by atoms with Gasteiger partial charge in [0.05, 0.1) is 27.4 Å². The van der Waals surface area contributed by atoms with E-state index in [9.17, 15) is 9.59 Å². The minimum absolute atomic E-state index is 0.0436. The van der Waals surface area contributed by atoms with Gasteiger partial charge in [0.15, 0.2) is 0 Å². The van der Waals surface area contributed by atoms with Gasteiger partial charge in [0, 0.05) is 102 Å². The number of anilines is 1. The van der Waals surface area contributed by atoms with Crippen molar-refractivity contribution in [1.29, 1.82) is 0 Å². The molecule has 2 aromatic carbocycles. The van der Waals surface area contributed by atoms with Crippen molar-refractivity contribution in [2.75, 3.05) is 71.8 Å². The lowest BCUT2D eigenvalue weighted by atomic mass is 10.0. The lowest BCUT2D eigenvalue weighted by Crippen LogP contribution is -2.37. The van der Waals surface area contributed by atoms with Gasteiger partial charge in [0.1, 0.15) is 0 Å². The molecule has 2 fully saturated rings. The van der Waals surface area contributed by atoms with Crippen LogP contribution in [0, 0.1) is 0 Å². The average molecular weight is 872 g/mol. The van der Waals surface area contributed by atoms with Gasteiger partial charge < -0.3 is 30.7 Å². The van der Waals surface area contributed by atoms with Crippen LogP contribution in [-0.2, 0) is 0 Å². The Morgan fingerprint density at radius 3 is 1.54 bits per heavy atom. The number of hydrogen-bond donors (Lipinski definition) is 2. The minimum atomic E-state index is 0.0436. The number of benzene rings is 2. The molecule has 13 heteroatoms. The second kappa shape index (κ2) is 22.7. The number of likely N-dealkylation sites (tertiary alicyclic amines) is 2. The Balaban J connectivity index is 0.000000182. The predicted molar refractivity (Wildman–Crippen MR) is 258 cm³/mol. The van der Waals surface area contributed by atoms with E-state index in [2.05, 4.69) is 50.2 Å². The van der Waals surface area contributed by atoms with Gasteiger partial charge in [-0.1, -0.05) is 35.9 Å². The van der Waals surface area contributed by atoms with Crippen LogP contribution in [0.3, 0.4) is 0 Å². The summed E-state index contributed by atoms with van der Waals surface area (Å²) in [6.45, 7) is 15.4. The highest BCUT2D eigenvalue weighted by molar-refractivity contribution is 6.35. The summed E-state index contributed by atoms with van der Waals surface area (Å²) in [7, 11) is 4.32. The molecule has 63 heavy (non-hydrogen) atoms. The normalized spacial score (nSPS) is 14.9. The first-order valence-corrected chi connectivity index (χ1v) is 22.7. The molecule has 8 rings (SSSR count). The minimum Gasteiger partial charge on any atom is -0.382 e. The maximum absolute atomic E-state index is 12.6. The highest BCUT2D eigenvalue weighted by Gasteiger charge is 2.19. The third-order valence-electron chi connectivity index (χ3n) is 12.0. The quantitative estimate of drug-likeness (QED) is 0.138. The van der Waals surface area contributed by atoms with Gasteiger partial charge in [-0.3, -0.25) is 19.6 Å². The summed E-state index contributed by atoms with van der Waals surface area (Å²) in [5.41, 5.74) is 13.5. The number of carbonyl (C=O) groups is 2. The van der Waals surface area contributed by atoms with Gasteiger partial charge in [0.25, 0.3) is 11.8 Å². The summed E-state index contributed by atoms with van der Waals surface area (Å²) in [6, 6.07) is 23.9. The van der Waals surface area contributed by atoms with Gasteiger partial charge in [-0.2, -0.15) is 0 Å². The zero-order valence-electron chi connectivity index (χ0n) is 37.7. The van der Waals surface area contributed by atoms with Crippen molar-refractivity contribution in [2.24, 2.45) is 5.73 Å². The van der Waals surface area contributed by atoms with Crippen molar-refractivity contribution in [3.05, 3.63) is 114 Å². The Morgan fingerprint density at radius 2 is 1.08 bits per heavy atom. The molecular formula is C50H63ClN10O2. The first-order valence-electron chi connectivity index (χ1n) is 22.3. The first kappa shape index (κ1) is 47.0. The van der Waals surface area contributed by atoms with Crippen molar-refractivity contribution in [2.45, 2.75) is 65.5 Å². The number of amides is 2. The second-order valence-corrected chi connectivity index (χ2v) is 16.7. The Bertz CT molecular complexity index is 2400. The van der Waals surface area contributed by atoms with Gasteiger partial charge in [-0.05, 0) is 142 Å². The maximum atomic E-state index is 12.6. The van der Waals surface area contributed by atoms with Crippen molar-refractivity contribution in [3.63, 3.8) is 0 Å². The molecule has 6 aromatic rings. The van der Waals surface area contributed by atoms with Crippen LogP contribution in [0.4, 0.5) is 5.69 Å². The van der Waals surface area contributed by atoms with Gasteiger partial charge in [-0.15, -0.1) is 0 Å². The van der Waals surface area contributed by atoms with Gasteiger partial charge in [0.2, 0.25) is 0 Å². The van der Waals surface area contributed by atoms with Crippen LogP contribution in [-0.4, -0.2) is 130 Å². The molecule has 2 saturated heterocycles. The molecule has 0 atom stereocenters. The van der Waals surface area contributed by atoms with Crippen molar-refractivity contribution in [1.82, 2.24) is 39.5 Å². The summed E-state index contributed by atoms with van der Waals surface area (Å²) in [5, 5.41) is 6.23. The van der Waals surface area contributed by atoms with Crippen LogP contribution in [0.1, 0.15) is 74.1 Å². The Morgan fingerprint density at radius 1 is 0.651 bits per heavy atom. The van der Waals surface area contributed by atoms with Crippen molar-refractivity contribution in [3.8, 4) is 22.5 Å². The topological polar surface area (TPSA) is 137 Å². The smallest absolute Gasteiger partial charge is 0.253 e. The third kappa shape index (κ3) is 12.4. The number of hydrogen-bond acceptors (Lipinski definition) is 10. The highest BCUT2D eigenvalue weighted by Crippen LogP contribution is 2.31. The van der Waals surface area contributed by atoms with E-state index in [1.54, 1.807) is 23.5 Å². The summed E-state index contributed by atoms with van der Waals surface area (Å²) in [6.07, 6.45) is 11.7. The van der Waals surface area contributed by atoms with Crippen LogP contribution in [0.5, 0.6) is 0 Å². The van der Waals surface area contributed by atoms with E-state index in [1.165, 1.54) is 25.9 Å². The summed E-state index contributed by atoms with van der Waals surface area (Å²) >= 11 is 6.33. The fourth-order valence-corrected chi connectivity index (χ4v) is 8.12. The number of rotatable bonds is 10. The zero-order valence-corrected chi connectivity index (χ0v) is 38.5. The molecule has 12 nitrogen and oxygen atoms in total. The number of piperidine rings is 2. The molecule has 2 aliphatic rings. The zero-order chi connectivity index (χ0) is 44.9. The second-order valence-electron chi connectivity index (χ2n) is 16.3. The third-order valence-corrected chi connectivity index (χ3v) is 12.3. The van der Waals surface area contributed by atoms with E-state index in [0.29, 0.717) is 54.4 Å². The summed E-state index contributed by atoms with van der Waals surface area (Å²) in [5.74, 6) is 0.112. The molecule has 0 unspecified atom stereocenters. The van der Waals surface area contributed by atoms with Crippen LogP contribution < -0.4 is 11.1 Å². The average Bonchev–Trinajstić information content (AvgIpc) is 3.32. The van der Waals surface area contributed by atoms with Crippen LogP contribution in [0.2, 0.25) is 5.02 Å². The summed E-state index contributed by atoms with van der Waals surface area (Å²) < 4.78 is 0. The van der Waals surface area contributed by atoms with E-state index in [1.807, 2.05) is 106 Å². The number of aromatic nitrogens is 4. The number of nitrogens with zero attached hydrogens (tertiary/aromatic N) is 8. The SMILES string of the molecule is CCN(CC)C(=O)c1ccc(-c2cc(Cl)c3cnccc3n2)cc1.CCN(CC)C(=O)c1ccc(-c2cc(NC3CCN(C)CC3)c3cnccc3n2)cc1.CN1CCC(N)CC1. The fourth-order valence-electron chi connectivity index (χ4n) is 7.87. The predicted octanol–water partition coefficient (Wildman–Crippen LogP) is 8.76. The van der Waals surface area contributed by atoms with Gasteiger partial charge >= 0.3 is 0 Å². The van der Waals surface area contributed by atoms with Crippen molar-refractivity contribution >= 4 is 50.9 Å². The standard InChI is InChI=1S/C25H31N5O.C19H18ClN3O.C6H14N2/c1-4-30(5-2)25(31)19-8-6-18(7-9-19)23-16-24(21-17-26-13-10-22(21)28-23)27-20-11-14-29(3)15-12-20;1-3-23(4-2)19(24)14-7-5-13(6-8-14)18-11-16(20)15-12-21-10-9-17(15)22-18;1-8-4-2-6(7)3-5-8/h6-10,13,16-17,20H,4-5,11-12,14-15H2,1-3H3,(H,27,28);5-12H,3-4H2,1-2H3;6H,2-5,7H2,1H3. The Hall–Kier alpha value is -5.53. The van der Waals surface area contributed by atoms with Crippen LogP contribution in [0.15, 0.2) is 97.6 Å². The van der Waals surface area contributed by atoms with Crippen LogP contribution >= 0.6 is 11.6 Å². The molecule has 0 saturated carbocycles. The molecule has 0 spiro atoms. The molecule has 4 aromatic heterocycles. The number of nitrogens with two attached hydrogens (primary N) is 1. The monoisotopic (exact) mass is 870 g/mol. The molecule has 0 bridgehead atoms. The van der Waals surface area contributed by atoms with E-state index in [4.69, 9.17) is 22.3 Å². The first-order chi connectivity index (χ1) is 30.5. The largest absolute Gasteiger partial charge is 0.382 e. The molecule has 332 valence electrons. The molecule has 6 heterocycles. The number of halogens is 1. The molecule has 2 aliphatic heterocycles. The molecule has 0 aliphatic carbocycles.